The molecule has 1 heterocycles. The highest BCUT2D eigenvalue weighted by molar-refractivity contribution is 8.01. The number of anilines is 2. The third-order valence-electron chi connectivity index (χ3n) is 3.37. The summed E-state index contributed by atoms with van der Waals surface area (Å²) in [4.78, 5) is 25.4. The number of halogens is 1. The summed E-state index contributed by atoms with van der Waals surface area (Å²) in [6.07, 6.45) is 0. The van der Waals surface area contributed by atoms with Gasteiger partial charge in [-0.15, -0.1) is 11.8 Å². The Morgan fingerprint density at radius 1 is 1.26 bits per heavy atom. The van der Waals surface area contributed by atoms with Crippen LogP contribution in [0.5, 0.6) is 0 Å². The largest absolute Gasteiger partial charge is 0.324 e. The van der Waals surface area contributed by atoms with Crippen molar-refractivity contribution in [2.24, 2.45) is 0 Å². The molecule has 2 amide bonds. The summed E-state index contributed by atoms with van der Waals surface area (Å²) in [5, 5.41) is 5.40. The first-order valence-corrected chi connectivity index (χ1v) is 8.48. The van der Waals surface area contributed by atoms with Gasteiger partial charge in [-0.25, -0.2) is 0 Å². The molecule has 3 rings (SSSR count). The van der Waals surface area contributed by atoms with Crippen LogP contribution in [-0.4, -0.2) is 17.1 Å². The minimum atomic E-state index is -0.286. The molecule has 0 aliphatic carbocycles. The molecule has 1 aliphatic heterocycles. The van der Waals surface area contributed by atoms with Gasteiger partial charge in [0, 0.05) is 21.0 Å². The molecule has 1 unspecified atom stereocenters. The van der Waals surface area contributed by atoms with Gasteiger partial charge in [0.05, 0.1) is 23.1 Å². The summed E-state index contributed by atoms with van der Waals surface area (Å²) in [7, 11) is 0. The standard InChI is InChI=1S/C16H13FN2O2S2/c1-9-15(20)19-13-8-10(2-7-14(13)22-9)16(21)18-11-3-5-12(23-17)6-4-11/h2-9H,1H3,(H,18,21)(H,19,20). The lowest BCUT2D eigenvalue weighted by atomic mass is 10.1. The summed E-state index contributed by atoms with van der Waals surface area (Å²) >= 11 is 1.62. The Balaban J connectivity index is 1.77. The van der Waals surface area contributed by atoms with Crippen LogP contribution in [0.2, 0.25) is 0 Å². The number of thioether (sulfide) groups is 1. The van der Waals surface area contributed by atoms with E-state index in [-0.39, 0.29) is 29.2 Å². The van der Waals surface area contributed by atoms with Crippen molar-refractivity contribution in [2.75, 3.05) is 10.6 Å². The lowest BCUT2D eigenvalue weighted by molar-refractivity contribution is -0.115. The van der Waals surface area contributed by atoms with Crippen LogP contribution in [0.25, 0.3) is 0 Å². The fourth-order valence-electron chi connectivity index (χ4n) is 2.14. The van der Waals surface area contributed by atoms with Gasteiger partial charge >= 0.3 is 0 Å². The van der Waals surface area contributed by atoms with Gasteiger partial charge in [0.1, 0.15) is 0 Å². The quantitative estimate of drug-likeness (QED) is 0.866. The number of carbonyl (C=O) groups is 2. The summed E-state index contributed by atoms with van der Waals surface area (Å²) in [6, 6.07) is 11.7. The normalized spacial score (nSPS) is 16.4. The van der Waals surface area contributed by atoms with Crippen LogP contribution in [0.4, 0.5) is 15.3 Å². The Hall–Kier alpha value is -1.99. The summed E-state index contributed by atoms with van der Waals surface area (Å²) in [5.74, 6) is -0.356. The molecule has 0 spiro atoms. The van der Waals surface area contributed by atoms with E-state index >= 15 is 0 Å². The van der Waals surface area contributed by atoms with Crippen LogP contribution in [-0.2, 0) is 4.79 Å². The molecule has 2 aromatic carbocycles. The van der Waals surface area contributed by atoms with Crippen LogP contribution in [0.3, 0.4) is 0 Å². The number of hydrogen-bond donors (Lipinski definition) is 2. The third-order valence-corrected chi connectivity index (χ3v) is 5.00. The van der Waals surface area contributed by atoms with Crippen molar-refractivity contribution >= 4 is 47.1 Å². The fraction of sp³-hybridized carbons (Fsp3) is 0.125. The van der Waals surface area contributed by atoms with E-state index in [9.17, 15) is 13.5 Å². The summed E-state index contributed by atoms with van der Waals surface area (Å²) in [5.41, 5.74) is 1.68. The van der Waals surface area contributed by atoms with Gasteiger partial charge in [0.25, 0.3) is 5.91 Å². The fourth-order valence-corrected chi connectivity index (χ4v) is 3.31. The molecule has 23 heavy (non-hydrogen) atoms. The first kappa shape index (κ1) is 15.9. The molecule has 1 atom stereocenters. The van der Waals surface area contributed by atoms with E-state index in [2.05, 4.69) is 10.6 Å². The second kappa shape index (κ2) is 6.64. The second-order valence-corrected chi connectivity index (χ2v) is 7.02. The monoisotopic (exact) mass is 348 g/mol. The Morgan fingerprint density at radius 3 is 2.70 bits per heavy atom. The predicted octanol–water partition coefficient (Wildman–Crippen LogP) is 4.35. The second-order valence-electron chi connectivity index (χ2n) is 5.02. The van der Waals surface area contributed by atoms with E-state index < -0.39 is 0 Å². The lowest BCUT2D eigenvalue weighted by Gasteiger charge is -2.21. The van der Waals surface area contributed by atoms with Crippen molar-refractivity contribution < 1.29 is 13.5 Å². The molecule has 2 N–H and O–H groups in total. The maximum Gasteiger partial charge on any atom is 0.255 e. The highest BCUT2D eigenvalue weighted by atomic mass is 32.2. The zero-order chi connectivity index (χ0) is 16.4. The Labute approximate surface area is 141 Å². The van der Waals surface area contributed by atoms with E-state index in [1.807, 2.05) is 13.0 Å². The lowest BCUT2D eigenvalue weighted by Crippen LogP contribution is -2.26. The summed E-state index contributed by atoms with van der Waals surface area (Å²) < 4.78 is 12.4. The molecular weight excluding hydrogens is 335 g/mol. The van der Waals surface area contributed by atoms with Crippen LogP contribution in [0, 0.1) is 0 Å². The van der Waals surface area contributed by atoms with Crippen molar-refractivity contribution in [3.05, 3.63) is 48.0 Å². The molecule has 118 valence electrons. The smallest absolute Gasteiger partial charge is 0.255 e. The average molecular weight is 348 g/mol. The number of fused-ring (bicyclic) bond motifs is 1. The molecule has 0 radical (unpaired) electrons. The van der Waals surface area contributed by atoms with E-state index in [0.29, 0.717) is 21.8 Å². The topological polar surface area (TPSA) is 58.2 Å². The van der Waals surface area contributed by atoms with Gasteiger partial charge < -0.3 is 10.6 Å². The highest BCUT2D eigenvalue weighted by Crippen LogP contribution is 2.36. The Morgan fingerprint density at radius 2 is 2.00 bits per heavy atom. The van der Waals surface area contributed by atoms with Crippen molar-refractivity contribution in [3.63, 3.8) is 0 Å². The molecule has 0 bridgehead atoms. The number of rotatable bonds is 3. The Kier molecular flexibility index (Phi) is 4.58. The zero-order valence-corrected chi connectivity index (χ0v) is 13.8. The van der Waals surface area contributed by atoms with E-state index in [1.54, 1.807) is 36.4 Å². The molecule has 0 saturated heterocycles. The molecule has 2 aromatic rings. The Bertz CT molecular complexity index is 765. The molecular formula is C16H13FN2O2S2. The number of carbonyl (C=O) groups excluding carboxylic acids is 2. The van der Waals surface area contributed by atoms with Gasteiger partial charge in [-0.05, 0) is 49.4 Å². The number of benzene rings is 2. The zero-order valence-electron chi connectivity index (χ0n) is 12.1. The van der Waals surface area contributed by atoms with Crippen LogP contribution in [0.15, 0.2) is 52.3 Å². The van der Waals surface area contributed by atoms with E-state index in [1.165, 1.54) is 11.8 Å². The molecule has 7 heteroatoms. The van der Waals surface area contributed by atoms with Gasteiger partial charge in [-0.3, -0.25) is 9.59 Å². The minimum absolute atomic E-state index is 0.0700. The van der Waals surface area contributed by atoms with E-state index in [4.69, 9.17) is 0 Å². The average Bonchev–Trinajstić information content (AvgIpc) is 2.56. The molecule has 0 saturated carbocycles. The van der Waals surface area contributed by atoms with E-state index in [0.717, 1.165) is 4.90 Å². The third kappa shape index (κ3) is 3.51. The van der Waals surface area contributed by atoms with Gasteiger partial charge in [0.2, 0.25) is 5.91 Å². The minimum Gasteiger partial charge on any atom is -0.324 e. The van der Waals surface area contributed by atoms with Crippen LogP contribution < -0.4 is 10.6 Å². The predicted molar refractivity (Wildman–Crippen MR) is 91.8 cm³/mol. The molecule has 0 aromatic heterocycles. The van der Waals surface area contributed by atoms with Crippen LogP contribution >= 0.6 is 23.9 Å². The maximum atomic E-state index is 12.4. The highest BCUT2D eigenvalue weighted by Gasteiger charge is 2.23. The maximum absolute atomic E-state index is 12.4. The van der Waals surface area contributed by atoms with Crippen LogP contribution in [0.1, 0.15) is 17.3 Å². The summed E-state index contributed by atoms with van der Waals surface area (Å²) in [6.45, 7) is 1.84. The SMILES string of the molecule is CC1Sc2ccc(C(=O)Nc3ccc(SF)cc3)cc2NC1=O. The van der Waals surface area contributed by atoms with Gasteiger partial charge in [-0.1, -0.05) is 0 Å². The number of amides is 2. The van der Waals surface area contributed by atoms with Gasteiger partial charge in [0.15, 0.2) is 0 Å². The van der Waals surface area contributed by atoms with Gasteiger partial charge in [-0.2, -0.15) is 3.89 Å². The number of nitrogens with one attached hydrogen (secondary N) is 2. The van der Waals surface area contributed by atoms with Crippen molar-refractivity contribution in [2.45, 2.75) is 22.0 Å². The number of hydrogen-bond acceptors (Lipinski definition) is 4. The molecule has 1 aliphatic rings. The molecule has 0 fully saturated rings. The van der Waals surface area contributed by atoms with Crippen molar-refractivity contribution in [1.29, 1.82) is 0 Å². The van der Waals surface area contributed by atoms with Crippen molar-refractivity contribution in [3.8, 4) is 0 Å². The first-order valence-electron chi connectivity index (χ1n) is 6.88. The van der Waals surface area contributed by atoms with Crippen molar-refractivity contribution in [1.82, 2.24) is 0 Å². The first-order chi connectivity index (χ1) is 11.1. The molecule has 4 nitrogen and oxygen atoms in total.